The van der Waals surface area contributed by atoms with Crippen molar-refractivity contribution in [2.24, 2.45) is 0 Å². The molecule has 2 rings (SSSR count). The number of hydrogen-bond donors (Lipinski definition) is 2. The predicted molar refractivity (Wildman–Crippen MR) is 60.9 cm³/mol. The van der Waals surface area contributed by atoms with Crippen molar-refractivity contribution in [1.29, 1.82) is 0 Å². The van der Waals surface area contributed by atoms with Gasteiger partial charge in [-0.15, -0.1) is 0 Å². The summed E-state index contributed by atoms with van der Waals surface area (Å²) >= 11 is 5.53. The van der Waals surface area contributed by atoms with Crippen LogP contribution in [-0.2, 0) is 0 Å². The highest BCUT2D eigenvalue weighted by atomic mass is 127. The Morgan fingerprint density at radius 3 is 3.00 bits per heavy atom. The Hall–Kier alpha value is -0.300. The average Bonchev–Trinajstić information content (AvgIpc) is 2.31. The molecule has 0 saturated heterocycles. The number of aromatic nitrogens is 2. The predicted octanol–water partition coefficient (Wildman–Crippen LogP) is 2.51. The number of rotatable bonds is 0. The molecule has 0 fully saturated rings. The van der Waals surface area contributed by atoms with Gasteiger partial charge in [0.2, 0.25) is 0 Å². The molecule has 0 amide bonds. The lowest BCUT2D eigenvalue weighted by atomic mass is 10.2. The number of nitrogens with zero attached hydrogens (tertiary/aromatic N) is 1. The molecule has 0 saturated carbocycles. The standard InChI is InChI=1S/C7H5BrIN3/c8-3-1-4(10)6-5(2-3)11-12-7(6)9/h1-2H,10H2,(H,11,12). The second kappa shape index (κ2) is 2.88. The van der Waals surface area contributed by atoms with Gasteiger partial charge in [-0.25, -0.2) is 0 Å². The summed E-state index contributed by atoms with van der Waals surface area (Å²) in [5, 5.41) is 7.98. The molecular weight excluding hydrogens is 333 g/mol. The van der Waals surface area contributed by atoms with Gasteiger partial charge >= 0.3 is 0 Å². The maximum Gasteiger partial charge on any atom is 0.106 e. The number of fused-ring (bicyclic) bond motifs is 1. The zero-order valence-corrected chi connectivity index (χ0v) is 9.68. The van der Waals surface area contributed by atoms with Crippen molar-refractivity contribution in [3.05, 3.63) is 20.3 Å². The minimum atomic E-state index is 0.748. The van der Waals surface area contributed by atoms with Crippen molar-refractivity contribution in [2.75, 3.05) is 5.73 Å². The highest BCUT2D eigenvalue weighted by molar-refractivity contribution is 14.1. The van der Waals surface area contributed by atoms with Crippen molar-refractivity contribution in [2.45, 2.75) is 0 Å². The highest BCUT2D eigenvalue weighted by Gasteiger charge is 2.06. The number of halogens is 2. The number of nitrogens with one attached hydrogen (secondary N) is 1. The molecule has 62 valence electrons. The van der Waals surface area contributed by atoms with Crippen LogP contribution in [0.5, 0.6) is 0 Å². The maximum absolute atomic E-state index is 5.81. The van der Waals surface area contributed by atoms with Gasteiger partial charge in [-0.05, 0) is 34.7 Å². The summed E-state index contributed by atoms with van der Waals surface area (Å²) < 4.78 is 1.93. The van der Waals surface area contributed by atoms with E-state index in [1.54, 1.807) is 0 Å². The third-order valence-corrected chi connectivity index (χ3v) is 2.85. The van der Waals surface area contributed by atoms with E-state index in [1.165, 1.54) is 0 Å². The van der Waals surface area contributed by atoms with Crippen LogP contribution in [0.2, 0.25) is 0 Å². The first-order valence-corrected chi connectivity index (χ1v) is 5.14. The van der Waals surface area contributed by atoms with Crippen LogP contribution in [0.4, 0.5) is 5.69 Å². The van der Waals surface area contributed by atoms with Crippen LogP contribution in [0.1, 0.15) is 0 Å². The number of nitrogen functional groups attached to an aromatic ring is 1. The molecule has 0 aliphatic rings. The fraction of sp³-hybridized carbons (Fsp3) is 0. The fourth-order valence-corrected chi connectivity index (χ4v) is 2.28. The molecule has 0 bridgehead atoms. The zero-order chi connectivity index (χ0) is 8.72. The quantitative estimate of drug-likeness (QED) is 0.573. The number of nitrogens with two attached hydrogens (primary N) is 1. The molecule has 0 aliphatic carbocycles. The second-order valence-electron chi connectivity index (χ2n) is 2.43. The summed E-state index contributed by atoms with van der Waals surface area (Å²) in [5.41, 5.74) is 7.45. The molecule has 0 radical (unpaired) electrons. The molecule has 0 spiro atoms. The van der Waals surface area contributed by atoms with E-state index in [9.17, 15) is 0 Å². The van der Waals surface area contributed by atoms with E-state index in [1.807, 2.05) is 12.1 Å². The number of hydrogen-bond acceptors (Lipinski definition) is 2. The third-order valence-electron chi connectivity index (χ3n) is 1.61. The topological polar surface area (TPSA) is 54.7 Å². The number of H-pyrrole nitrogens is 1. The first-order valence-electron chi connectivity index (χ1n) is 3.27. The Morgan fingerprint density at radius 1 is 1.50 bits per heavy atom. The molecule has 1 aromatic heterocycles. The third kappa shape index (κ3) is 1.20. The first kappa shape index (κ1) is 8.31. The van der Waals surface area contributed by atoms with Gasteiger partial charge in [0.05, 0.1) is 10.9 Å². The Bertz CT molecular complexity index is 437. The van der Waals surface area contributed by atoms with Crippen molar-refractivity contribution in [1.82, 2.24) is 10.2 Å². The van der Waals surface area contributed by atoms with E-state index in [2.05, 4.69) is 48.7 Å². The van der Waals surface area contributed by atoms with Crippen molar-refractivity contribution < 1.29 is 0 Å². The van der Waals surface area contributed by atoms with E-state index in [0.29, 0.717) is 0 Å². The van der Waals surface area contributed by atoms with E-state index in [-0.39, 0.29) is 0 Å². The summed E-state index contributed by atoms with van der Waals surface area (Å²) in [6.07, 6.45) is 0. The number of aromatic amines is 1. The first-order chi connectivity index (χ1) is 5.68. The van der Waals surface area contributed by atoms with Crippen molar-refractivity contribution in [3.63, 3.8) is 0 Å². The van der Waals surface area contributed by atoms with Gasteiger partial charge in [0.25, 0.3) is 0 Å². The lowest BCUT2D eigenvalue weighted by molar-refractivity contribution is 1.09. The largest absolute Gasteiger partial charge is 0.398 e. The van der Waals surface area contributed by atoms with E-state index < -0.39 is 0 Å². The summed E-state index contributed by atoms with van der Waals surface area (Å²) in [6, 6.07) is 3.81. The molecule has 3 N–H and O–H groups in total. The SMILES string of the molecule is Nc1cc(Br)cc2n[nH]c(I)c12. The van der Waals surface area contributed by atoms with Crippen LogP contribution in [-0.4, -0.2) is 10.2 Å². The summed E-state index contributed by atoms with van der Waals surface area (Å²) in [5.74, 6) is 0. The zero-order valence-electron chi connectivity index (χ0n) is 5.94. The highest BCUT2D eigenvalue weighted by Crippen LogP contribution is 2.27. The van der Waals surface area contributed by atoms with Crippen LogP contribution < -0.4 is 5.73 Å². The van der Waals surface area contributed by atoms with Gasteiger partial charge in [0.15, 0.2) is 0 Å². The molecule has 1 aromatic carbocycles. The van der Waals surface area contributed by atoms with Crippen LogP contribution in [0.25, 0.3) is 10.9 Å². The minimum absolute atomic E-state index is 0.748. The van der Waals surface area contributed by atoms with Crippen LogP contribution >= 0.6 is 38.5 Å². The minimum Gasteiger partial charge on any atom is -0.398 e. The monoisotopic (exact) mass is 337 g/mol. The lowest BCUT2D eigenvalue weighted by Gasteiger charge is -1.96. The van der Waals surface area contributed by atoms with Gasteiger partial charge in [-0.2, -0.15) is 5.10 Å². The van der Waals surface area contributed by atoms with Crippen molar-refractivity contribution >= 4 is 55.1 Å². The van der Waals surface area contributed by atoms with Crippen molar-refractivity contribution in [3.8, 4) is 0 Å². The van der Waals surface area contributed by atoms with Crippen LogP contribution in [0.15, 0.2) is 16.6 Å². The smallest absolute Gasteiger partial charge is 0.106 e. The normalized spacial score (nSPS) is 10.8. The van der Waals surface area contributed by atoms with Gasteiger partial charge in [0.1, 0.15) is 3.70 Å². The summed E-state index contributed by atoms with van der Waals surface area (Å²) in [4.78, 5) is 0. The fourth-order valence-electron chi connectivity index (χ4n) is 1.11. The molecule has 0 aliphatic heterocycles. The average molecular weight is 338 g/mol. The Balaban J connectivity index is 2.93. The van der Waals surface area contributed by atoms with Crippen LogP contribution in [0, 0.1) is 3.70 Å². The van der Waals surface area contributed by atoms with Crippen LogP contribution in [0.3, 0.4) is 0 Å². The van der Waals surface area contributed by atoms with E-state index in [0.717, 1.165) is 24.8 Å². The lowest BCUT2D eigenvalue weighted by Crippen LogP contribution is -1.86. The summed E-state index contributed by atoms with van der Waals surface area (Å²) in [6.45, 7) is 0. The van der Waals surface area contributed by atoms with E-state index >= 15 is 0 Å². The molecule has 5 heteroatoms. The summed E-state index contributed by atoms with van der Waals surface area (Å²) in [7, 11) is 0. The molecule has 1 heterocycles. The molecule has 0 unspecified atom stereocenters. The molecular formula is C7H5BrIN3. The van der Waals surface area contributed by atoms with Gasteiger partial charge in [0, 0.05) is 10.2 Å². The second-order valence-corrected chi connectivity index (χ2v) is 4.42. The van der Waals surface area contributed by atoms with Gasteiger partial charge in [-0.3, -0.25) is 5.10 Å². The molecule has 2 aromatic rings. The maximum atomic E-state index is 5.81. The molecule has 12 heavy (non-hydrogen) atoms. The number of anilines is 1. The Morgan fingerprint density at radius 2 is 2.25 bits per heavy atom. The number of benzene rings is 1. The molecule has 3 nitrogen and oxygen atoms in total. The van der Waals surface area contributed by atoms with Gasteiger partial charge in [-0.1, -0.05) is 15.9 Å². The Labute approximate surface area is 91.0 Å². The van der Waals surface area contributed by atoms with E-state index in [4.69, 9.17) is 5.73 Å². The molecule has 0 atom stereocenters. The van der Waals surface area contributed by atoms with Gasteiger partial charge < -0.3 is 5.73 Å². The Kier molecular flexibility index (Phi) is 1.99.